The number of carbonyl (C=O) groups excluding carboxylic acids is 2. The Labute approximate surface area is 304 Å². The maximum absolute atomic E-state index is 14.0. The topological polar surface area (TPSA) is 100 Å². The molecule has 54 heavy (non-hydrogen) atoms. The molecular formula is C38H32F6N6O4+2. The van der Waals surface area contributed by atoms with E-state index in [0.29, 0.717) is 11.1 Å². The Kier molecular flexibility index (Phi) is 10.1. The highest BCUT2D eigenvalue weighted by atomic mass is 19.4. The second-order valence-electron chi connectivity index (χ2n) is 12.6. The van der Waals surface area contributed by atoms with Gasteiger partial charge < -0.3 is 18.6 Å². The van der Waals surface area contributed by atoms with E-state index in [1.807, 2.05) is 0 Å². The van der Waals surface area contributed by atoms with Gasteiger partial charge in [0.05, 0.1) is 0 Å². The molecule has 0 saturated heterocycles. The minimum absolute atomic E-state index is 0.00979. The van der Waals surface area contributed by atoms with E-state index in [-0.39, 0.29) is 58.9 Å². The minimum Gasteiger partial charge on any atom is -0.431 e. The predicted molar refractivity (Wildman–Crippen MR) is 182 cm³/mol. The van der Waals surface area contributed by atoms with Crippen LogP contribution in [-0.4, -0.2) is 59.8 Å². The van der Waals surface area contributed by atoms with Gasteiger partial charge in [-0.2, -0.15) is 35.5 Å². The second kappa shape index (κ2) is 14.6. The molecule has 0 aliphatic carbocycles. The molecule has 16 heteroatoms. The quantitative estimate of drug-likeness (QED) is 0.119. The Morgan fingerprint density at radius 1 is 0.519 bits per heavy atom. The molecule has 4 heterocycles. The summed E-state index contributed by atoms with van der Waals surface area (Å²) in [5, 5.41) is 0. The van der Waals surface area contributed by atoms with Crippen molar-refractivity contribution in [2.45, 2.75) is 25.4 Å². The first-order chi connectivity index (χ1) is 25.5. The standard InChI is InChI=1S/C38H32F6N6O4/c1-47(2)29(51)21-49-17-13-25(14-18-49)31-33(37(39,40)41)53-35(45-31)27-9-5-23(6-10-27)24-7-11-28(12-8-24)36-46-32(34(54-36)38(42,43)44)26-15-19-50(20-16-26)22-30(52)48(3)4/h5-20H,21-22H2,1-4H3/q+2. The van der Waals surface area contributed by atoms with Crippen molar-refractivity contribution in [2.24, 2.45) is 0 Å². The second-order valence-corrected chi connectivity index (χ2v) is 12.6. The molecular weight excluding hydrogens is 718 g/mol. The zero-order valence-electron chi connectivity index (χ0n) is 29.2. The van der Waals surface area contributed by atoms with E-state index in [4.69, 9.17) is 8.83 Å². The first-order valence-corrected chi connectivity index (χ1v) is 16.2. The fourth-order valence-corrected chi connectivity index (χ4v) is 5.31. The van der Waals surface area contributed by atoms with Gasteiger partial charge in [-0.1, -0.05) is 24.3 Å². The number of hydrogen-bond acceptors (Lipinski definition) is 6. The van der Waals surface area contributed by atoms with E-state index in [1.165, 1.54) is 68.0 Å². The van der Waals surface area contributed by atoms with E-state index in [1.54, 1.807) is 76.7 Å². The highest BCUT2D eigenvalue weighted by Gasteiger charge is 2.41. The molecule has 0 unspecified atom stereocenters. The molecule has 2 aromatic carbocycles. The molecule has 4 aromatic heterocycles. The molecule has 0 fully saturated rings. The maximum Gasteiger partial charge on any atom is 0.451 e. The van der Waals surface area contributed by atoms with Crippen molar-refractivity contribution in [2.75, 3.05) is 28.2 Å². The number of aromatic nitrogens is 4. The number of oxazole rings is 2. The molecule has 2 amide bonds. The summed E-state index contributed by atoms with van der Waals surface area (Å²) in [6.45, 7) is 0.0196. The average molecular weight is 751 g/mol. The SMILES string of the molecule is CN(C)C(=O)C[n+]1ccc(-c2nc(-c3ccc(-c4ccc(-c5nc(-c6cc[n+](CC(=O)N(C)C)cc6)c(C(F)(F)F)o5)cc4)cc3)oc2C(F)(F)F)cc1. The van der Waals surface area contributed by atoms with Crippen LogP contribution >= 0.6 is 0 Å². The molecule has 278 valence electrons. The van der Waals surface area contributed by atoms with Crippen molar-refractivity contribution >= 4 is 11.8 Å². The van der Waals surface area contributed by atoms with E-state index in [2.05, 4.69) is 9.97 Å². The number of halogens is 6. The van der Waals surface area contributed by atoms with Crippen LogP contribution in [0.3, 0.4) is 0 Å². The molecule has 0 saturated carbocycles. The highest BCUT2D eigenvalue weighted by Crippen LogP contribution is 2.41. The van der Waals surface area contributed by atoms with Gasteiger partial charge in [0, 0.05) is 74.7 Å². The Hall–Kier alpha value is -6.32. The van der Waals surface area contributed by atoms with Gasteiger partial charge in [-0.25, -0.2) is 9.97 Å². The lowest BCUT2D eigenvalue weighted by Crippen LogP contribution is -2.41. The van der Waals surface area contributed by atoms with Gasteiger partial charge in [-0.3, -0.25) is 9.59 Å². The smallest absolute Gasteiger partial charge is 0.431 e. The average Bonchev–Trinajstić information content (AvgIpc) is 3.79. The molecule has 0 radical (unpaired) electrons. The lowest BCUT2D eigenvalue weighted by Gasteiger charge is -2.07. The molecule has 0 spiro atoms. The summed E-state index contributed by atoms with van der Waals surface area (Å²) >= 11 is 0. The van der Waals surface area contributed by atoms with Crippen LogP contribution in [-0.2, 0) is 35.0 Å². The van der Waals surface area contributed by atoms with E-state index in [0.717, 1.165) is 0 Å². The summed E-state index contributed by atoms with van der Waals surface area (Å²) in [4.78, 5) is 35.2. The molecule has 0 atom stereocenters. The molecule has 0 bridgehead atoms. The third kappa shape index (κ3) is 8.17. The fraction of sp³-hybridized carbons (Fsp3) is 0.211. The number of carbonyl (C=O) groups is 2. The third-order valence-corrected chi connectivity index (χ3v) is 8.33. The van der Waals surface area contributed by atoms with Crippen LogP contribution in [0.1, 0.15) is 11.5 Å². The number of rotatable bonds is 9. The van der Waals surface area contributed by atoms with Crippen LogP contribution in [0, 0.1) is 0 Å². The van der Waals surface area contributed by atoms with Gasteiger partial charge >= 0.3 is 12.4 Å². The van der Waals surface area contributed by atoms with Crippen molar-refractivity contribution in [1.82, 2.24) is 19.8 Å². The van der Waals surface area contributed by atoms with Gasteiger partial charge in [-0.05, 0) is 35.4 Å². The van der Waals surface area contributed by atoms with Crippen LogP contribution in [0.15, 0.2) is 106 Å². The molecule has 10 nitrogen and oxygen atoms in total. The van der Waals surface area contributed by atoms with Crippen LogP contribution in [0.5, 0.6) is 0 Å². The number of likely N-dealkylation sites (N-methyl/N-ethyl adjacent to an activating group) is 2. The zero-order valence-corrected chi connectivity index (χ0v) is 29.2. The summed E-state index contributed by atoms with van der Waals surface area (Å²) in [7, 11) is 6.39. The molecule has 0 N–H and O–H groups in total. The van der Waals surface area contributed by atoms with E-state index < -0.39 is 35.3 Å². The van der Waals surface area contributed by atoms with E-state index in [9.17, 15) is 35.9 Å². The predicted octanol–water partition coefficient (Wildman–Crippen LogP) is 6.79. The summed E-state index contributed by atoms with van der Waals surface area (Å²) in [6, 6.07) is 18.4. The summed E-state index contributed by atoms with van der Waals surface area (Å²) in [5.41, 5.74) is 1.35. The van der Waals surface area contributed by atoms with Gasteiger partial charge in [0.1, 0.15) is 11.4 Å². The lowest BCUT2D eigenvalue weighted by molar-refractivity contribution is -0.685. The lowest BCUT2D eigenvalue weighted by atomic mass is 10.0. The van der Waals surface area contributed by atoms with Crippen molar-refractivity contribution in [1.29, 1.82) is 0 Å². The maximum atomic E-state index is 14.0. The Morgan fingerprint density at radius 3 is 1.09 bits per heavy atom. The molecule has 6 rings (SSSR count). The number of hydrogen-bond donors (Lipinski definition) is 0. The van der Waals surface area contributed by atoms with Gasteiger partial charge in [0.2, 0.25) is 36.4 Å². The first kappa shape index (κ1) is 37.4. The van der Waals surface area contributed by atoms with E-state index >= 15 is 0 Å². The Bertz CT molecular complexity index is 2110. The van der Waals surface area contributed by atoms with Crippen LogP contribution in [0.2, 0.25) is 0 Å². The zero-order chi connectivity index (χ0) is 38.9. The largest absolute Gasteiger partial charge is 0.451 e. The summed E-state index contributed by atoms with van der Waals surface area (Å²) in [6.07, 6.45) is -3.74. The number of pyridine rings is 2. The molecule has 0 aliphatic rings. The summed E-state index contributed by atoms with van der Waals surface area (Å²) < 4.78 is 97.6. The highest BCUT2D eigenvalue weighted by molar-refractivity contribution is 5.75. The Morgan fingerprint density at radius 2 is 0.815 bits per heavy atom. The molecule has 0 aliphatic heterocycles. The van der Waals surface area contributed by atoms with Gasteiger partial charge in [-0.15, -0.1) is 0 Å². The number of nitrogens with zero attached hydrogens (tertiary/aromatic N) is 6. The van der Waals surface area contributed by atoms with Gasteiger partial charge in [0.25, 0.3) is 11.8 Å². The van der Waals surface area contributed by atoms with Crippen molar-refractivity contribution < 1.29 is 53.9 Å². The normalized spacial score (nSPS) is 11.8. The van der Waals surface area contributed by atoms with Crippen LogP contribution in [0.4, 0.5) is 26.3 Å². The third-order valence-electron chi connectivity index (χ3n) is 8.33. The minimum atomic E-state index is -4.84. The van der Waals surface area contributed by atoms with Crippen molar-refractivity contribution in [3.8, 4) is 56.6 Å². The Balaban J connectivity index is 1.22. The van der Waals surface area contributed by atoms with Crippen molar-refractivity contribution in [3.05, 3.63) is 109 Å². The number of alkyl halides is 6. The van der Waals surface area contributed by atoms with Crippen LogP contribution < -0.4 is 9.13 Å². The number of amides is 2. The monoisotopic (exact) mass is 750 g/mol. The van der Waals surface area contributed by atoms with Crippen LogP contribution in [0.25, 0.3) is 56.6 Å². The molecule has 6 aromatic rings. The fourth-order valence-electron chi connectivity index (χ4n) is 5.31. The van der Waals surface area contributed by atoms with Crippen molar-refractivity contribution in [3.63, 3.8) is 0 Å². The first-order valence-electron chi connectivity index (χ1n) is 16.2. The number of benzene rings is 2. The van der Waals surface area contributed by atoms with Gasteiger partial charge in [0.15, 0.2) is 24.8 Å². The summed E-state index contributed by atoms with van der Waals surface area (Å²) in [5.74, 6) is -3.43.